The Balaban J connectivity index is 2.20. The zero-order chi connectivity index (χ0) is 15.4. The van der Waals surface area contributed by atoms with Crippen molar-refractivity contribution in [3.8, 4) is 0 Å². The molecule has 0 radical (unpaired) electrons. The normalized spacial score (nSPS) is 14.5. The van der Waals surface area contributed by atoms with Crippen LogP contribution < -0.4 is 10.2 Å². The average molecular weight is 290 g/mol. The van der Waals surface area contributed by atoms with Gasteiger partial charge in [0, 0.05) is 25.2 Å². The van der Waals surface area contributed by atoms with Crippen LogP contribution in [0.5, 0.6) is 0 Å². The van der Waals surface area contributed by atoms with Crippen molar-refractivity contribution in [3.05, 3.63) is 23.8 Å². The second kappa shape index (κ2) is 6.61. The summed E-state index contributed by atoms with van der Waals surface area (Å²) in [6, 6.07) is 5.22. The van der Waals surface area contributed by atoms with Crippen molar-refractivity contribution in [2.75, 3.05) is 23.3 Å². The molecule has 5 nitrogen and oxygen atoms in total. The van der Waals surface area contributed by atoms with E-state index in [9.17, 15) is 14.7 Å². The highest BCUT2D eigenvalue weighted by Gasteiger charge is 2.18. The Labute approximate surface area is 125 Å². The average Bonchev–Trinajstić information content (AvgIpc) is 2.91. The SMILES string of the molecule is CC(C)CC(=O)Nc1ccc(N2CCCC2)cc1C(=O)O. The standard InChI is InChI=1S/C16H22N2O3/c1-11(2)9-15(19)17-14-6-5-12(10-13(14)16(20)21)18-7-3-4-8-18/h5-6,10-11H,3-4,7-9H2,1-2H3,(H,17,19)(H,20,21). The molecule has 5 heteroatoms. The smallest absolute Gasteiger partial charge is 0.337 e. The molecule has 0 atom stereocenters. The second-order valence-electron chi connectivity index (χ2n) is 5.88. The quantitative estimate of drug-likeness (QED) is 0.874. The summed E-state index contributed by atoms with van der Waals surface area (Å²) in [7, 11) is 0. The number of aromatic carboxylic acids is 1. The fraction of sp³-hybridized carbons (Fsp3) is 0.500. The van der Waals surface area contributed by atoms with Gasteiger partial charge in [0.25, 0.3) is 0 Å². The first-order valence-electron chi connectivity index (χ1n) is 7.39. The van der Waals surface area contributed by atoms with Crippen molar-refractivity contribution < 1.29 is 14.7 Å². The summed E-state index contributed by atoms with van der Waals surface area (Å²) in [6.45, 7) is 5.82. The Morgan fingerprint density at radius 2 is 1.95 bits per heavy atom. The lowest BCUT2D eigenvalue weighted by atomic mass is 10.1. The molecule has 1 aromatic carbocycles. The van der Waals surface area contributed by atoms with Gasteiger partial charge in [0.15, 0.2) is 0 Å². The van der Waals surface area contributed by atoms with Crippen molar-refractivity contribution in [3.63, 3.8) is 0 Å². The second-order valence-corrected chi connectivity index (χ2v) is 5.88. The lowest BCUT2D eigenvalue weighted by molar-refractivity contribution is -0.116. The summed E-state index contributed by atoms with van der Waals surface area (Å²) in [5, 5.41) is 12.1. The van der Waals surface area contributed by atoms with Crippen molar-refractivity contribution in [2.45, 2.75) is 33.1 Å². The van der Waals surface area contributed by atoms with Gasteiger partial charge < -0.3 is 15.3 Å². The number of carbonyl (C=O) groups is 2. The Hall–Kier alpha value is -2.04. The fourth-order valence-electron chi connectivity index (χ4n) is 2.56. The van der Waals surface area contributed by atoms with Crippen molar-refractivity contribution in [2.24, 2.45) is 5.92 Å². The van der Waals surface area contributed by atoms with E-state index >= 15 is 0 Å². The minimum atomic E-state index is -1.02. The third-order valence-electron chi connectivity index (χ3n) is 3.57. The Morgan fingerprint density at radius 3 is 2.52 bits per heavy atom. The van der Waals surface area contributed by atoms with Crippen LogP contribution in [0.25, 0.3) is 0 Å². The largest absolute Gasteiger partial charge is 0.478 e. The molecular formula is C16H22N2O3. The highest BCUT2D eigenvalue weighted by atomic mass is 16.4. The van der Waals surface area contributed by atoms with Gasteiger partial charge in [-0.3, -0.25) is 4.79 Å². The van der Waals surface area contributed by atoms with E-state index in [1.54, 1.807) is 12.1 Å². The van der Waals surface area contributed by atoms with Gasteiger partial charge in [-0.25, -0.2) is 4.79 Å². The lowest BCUT2D eigenvalue weighted by Crippen LogP contribution is -2.20. The minimum absolute atomic E-state index is 0.150. The van der Waals surface area contributed by atoms with Crippen LogP contribution in [0.3, 0.4) is 0 Å². The number of hydrogen-bond acceptors (Lipinski definition) is 3. The molecule has 0 unspecified atom stereocenters. The van der Waals surface area contributed by atoms with Gasteiger partial charge in [-0.15, -0.1) is 0 Å². The summed E-state index contributed by atoms with van der Waals surface area (Å²) < 4.78 is 0. The topological polar surface area (TPSA) is 69.6 Å². The summed E-state index contributed by atoms with van der Waals surface area (Å²) in [5.74, 6) is -0.931. The van der Waals surface area contributed by atoms with Crippen LogP contribution in [0.4, 0.5) is 11.4 Å². The van der Waals surface area contributed by atoms with Gasteiger partial charge in [0.2, 0.25) is 5.91 Å². The van der Waals surface area contributed by atoms with Gasteiger partial charge in [-0.2, -0.15) is 0 Å². The zero-order valence-electron chi connectivity index (χ0n) is 12.6. The number of nitrogens with one attached hydrogen (secondary N) is 1. The van der Waals surface area contributed by atoms with Crippen LogP contribution in [-0.2, 0) is 4.79 Å². The van der Waals surface area contributed by atoms with Crippen molar-refractivity contribution in [1.82, 2.24) is 0 Å². The van der Waals surface area contributed by atoms with E-state index in [1.807, 2.05) is 19.9 Å². The minimum Gasteiger partial charge on any atom is -0.478 e. The first kappa shape index (κ1) is 15.4. The van der Waals surface area contributed by atoms with Crippen LogP contribution in [0.1, 0.15) is 43.5 Å². The third-order valence-corrected chi connectivity index (χ3v) is 3.57. The molecule has 1 heterocycles. The number of benzene rings is 1. The lowest BCUT2D eigenvalue weighted by Gasteiger charge is -2.19. The number of anilines is 2. The molecule has 0 saturated carbocycles. The van der Waals surface area contributed by atoms with Crippen LogP contribution in [0.2, 0.25) is 0 Å². The fourth-order valence-corrected chi connectivity index (χ4v) is 2.56. The summed E-state index contributed by atoms with van der Waals surface area (Å²) in [5.41, 5.74) is 1.43. The van der Waals surface area contributed by atoms with Gasteiger partial charge in [-0.05, 0) is 37.0 Å². The Bertz CT molecular complexity index is 534. The maximum Gasteiger partial charge on any atom is 0.337 e. The maximum atomic E-state index is 11.8. The monoisotopic (exact) mass is 290 g/mol. The summed E-state index contributed by atoms with van der Waals surface area (Å²) in [6.07, 6.45) is 2.65. The van der Waals surface area contributed by atoms with Crippen molar-refractivity contribution in [1.29, 1.82) is 0 Å². The number of rotatable bonds is 5. The first-order valence-corrected chi connectivity index (χ1v) is 7.39. The number of carboxylic acids is 1. The number of carboxylic acid groups (broad SMARTS) is 1. The molecule has 2 N–H and O–H groups in total. The predicted molar refractivity (Wildman–Crippen MR) is 82.9 cm³/mol. The van der Waals surface area contributed by atoms with E-state index in [0.29, 0.717) is 12.1 Å². The molecule has 1 aromatic rings. The van der Waals surface area contributed by atoms with E-state index in [0.717, 1.165) is 31.6 Å². The molecule has 2 rings (SSSR count). The van der Waals surface area contributed by atoms with Gasteiger partial charge in [0.05, 0.1) is 11.3 Å². The molecule has 1 saturated heterocycles. The molecule has 114 valence electrons. The Kier molecular flexibility index (Phi) is 4.83. The van der Waals surface area contributed by atoms with Crippen molar-refractivity contribution >= 4 is 23.3 Å². The van der Waals surface area contributed by atoms with E-state index in [1.165, 1.54) is 0 Å². The van der Waals surface area contributed by atoms with E-state index in [4.69, 9.17) is 0 Å². The highest BCUT2D eigenvalue weighted by molar-refractivity contribution is 6.01. The van der Waals surface area contributed by atoms with Gasteiger partial charge in [-0.1, -0.05) is 13.8 Å². The molecule has 1 amide bonds. The summed E-state index contributed by atoms with van der Waals surface area (Å²) in [4.78, 5) is 25.4. The molecular weight excluding hydrogens is 268 g/mol. The molecule has 0 bridgehead atoms. The molecule has 0 aromatic heterocycles. The van der Waals surface area contributed by atoms with E-state index in [2.05, 4.69) is 10.2 Å². The maximum absolute atomic E-state index is 11.8. The number of carbonyl (C=O) groups excluding carboxylic acids is 1. The Morgan fingerprint density at radius 1 is 1.29 bits per heavy atom. The predicted octanol–water partition coefficient (Wildman–Crippen LogP) is 2.97. The molecule has 1 aliphatic heterocycles. The summed E-state index contributed by atoms with van der Waals surface area (Å²) >= 11 is 0. The molecule has 1 fully saturated rings. The highest BCUT2D eigenvalue weighted by Crippen LogP contribution is 2.26. The first-order chi connectivity index (χ1) is 9.97. The van der Waals surface area contributed by atoms with E-state index in [-0.39, 0.29) is 17.4 Å². The molecule has 21 heavy (non-hydrogen) atoms. The molecule has 0 aliphatic carbocycles. The van der Waals surface area contributed by atoms with Gasteiger partial charge in [0.1, 0.15) is 0 Å². The zero-order valence-corrected chi connectivity index (χ0v) is 12.6. The van der Waals surface area contributed by atoms with Gasteiger partial charge >= 0.3 is 5.97 Å². The third kappa shape index (κ3) is 3.97. The van der Waals surface area contributed by atoms with E-state index < -0.39 is 5.97 Å². The number of amides is 1. The number of nitrogens with zero attached hydrogens (tertiary/aromatic N) is 1. The number of hydrogen-bond donors (Lipinski definition) is 2. The molecule has 1 aliphatic rings. The van der Waals surface area contributed by atoms with Crippen LogP contribution in [0, 0.1) is 5.92 Å². The van der Waals surface area contributed by atoms with Crippen LogP contribution >= 0.6 is 0 Å². The van der Waals surface area contributed by atoms with Crippen LogP contribution in [0.15, 0.2) is 18.2 Å². The van der Waals surface area contributed by atoms with Crippen LogP contribution in [-0.4, -0.2) is 30.1 Å². The molecule has 0 spiro atoms.